The van der Waals surface area contributed by atoms with Crippen LogP contribution in [0.25, 0.3) is 22.4 Å². The van der Waals surface area contributed by atoms with Crippen molar-refractivity contribution in [3.8, 4) is 22.9 Å². The van der Waals surface area contributed by atoms with Gasteiger partial charge in [-0.2, -0.15) is 0 Å². The van der Waals surface area contributed by atoms with Gasteiger partial charge in [-0.3, -0.25) is 4.79 Å². The molecule has 0 aliphatic carbocycles. The number of carboxylic acids is 1. The summed E-state index contributed by atoms with van der Waals surface area (Å²) >= 11 is 0. The summed E-state index contributed by atoms with van der Waals surface area (Å²) in [6.45, 7) is 0.885. The number of ether oxygens (including phenoxy) is 2. The Balaban J connectivity index is 1.89. The van der Waals surface area contributed by atoms with Crippen molar-refractivity contribution in [2.45, 2.75) is 6.54 Å². The number of nitrogens with zero attached hydrogens (tertiary/aromatic N) is 2. The van der Waals surface area contributed by atoms with Crippen LogP contribution in [0.1, 0.15) is 0 Å². The van der Waals surface area contributed by atoms with E-state index in [2.05, 4.69) is 4.98 Å². The molecular weight excluding hydrogens is 296 g/mol. The maximum Gasteiger partial charge on any atom is 0.323 e. The summed E-state index contributed by atoms with van der Waals surface area (Å²) < 4.78 is 12.8. The van der Waals surface area contributed by atoms with Gasteiger partial charge in [-0.15, -0.1) is 0 Å². The van der Waals surface area contributed by atoms with E-state index < -0.39 is 5.97 Å². The monoisotopic (exact) mass is 310 g/mol. The highest BCUT2D eigenvalue weighted by molar-refractivity contribution is 5.83. The third kappa shape index (κ3) is 2.38. The van der Waals surface area contributed by atoms with Gasteiger partial charge in [-0.25, -0.2) is 4.98 Å². The highest BCUT2D eigenvalue weighted by Crippen LogP contribution is 2.35. The molecule has 6 nitrogen and oxygen atoms in total. The molecule has 0 bridgehead atoms. The third-order valence-corrected chi connectivity index (χ3v) is 3.75. The second-order valence-corrected chi connectivity index (χ2v) is 5.26. The second kappa shape index (κ2) is 5.31. The quantitative estimate of drug-likeness (QED) is 0.805. The number of benzene rings is 2. The summed E-state index contributed by atoms with van der Waals surface area (Å²) in [5.41, 5.74) is 2.35. The standard InChI is InChI=1S/C17H14N2O4/c20-16(21)10-19-13-4-2-1-3-12(13)18-17(19)11-5-6-14-15(9-11)23-8-7-22-14/h1-6,9H,7-8,10H2,(H,20,21). The first-order chi connectivity index (χ1) is 11.2. The van der Waals surface area contributed by atoms with Crippen molar-refractivity contribution in [2.75, 3.05) is 13.2 Å². The van der Waals surface area contributed by atoms with Crippen molar-refractivity contribution in [3.63, 3.8) is 0 Å². The highest BCUT2D eigenvalue weighted by Gasteiger charge is 2.18. The van der Waals surface area contributed by atoms with Crippen molar-refractivity contribution < 1.29 is 19.4 Å². The minimum Gasteiger partial charge on any atom is -0.486 e. The lowest BCUT2D eigenvalue weighted by molar-refractivity contribution is -0.137. The zero-order chi connectivity index (χ0) is 15.8. The molecule has 1 N–H and O–H groups in total. The fourth-order valence-corrected chi connectivity index (χ4v) is 2.77. The largest absolute Gasteiger partial charge is 0.486 e. The summed E-state index contributed by atoms with van der Waals surface area (Å²) in [4.78, 5) is 15.8. The number of rotatable bonds is 3. The lowest BCUT2D eigenvalue weighted by Gasteiger charge is -2.18. The number of aromatic nitrogens is 2. The van der Waals surface area contributed by atoms with Crippen LogP contribution in [-0.2, 0) is 11.3 Å². The SMILES string of the molecule is O=C(O)Cn1c(-c2ccc3c(c2)OCCO3)nc2ccccc21. The molecule has 0 amide bonds. The van der Waals surface area contributed by atoms with Crippen molar-refractivity contribution >= 4 is 17.0 Å². The predicted octanol–water partition coefficient (Wildman–Crippen LogP) is 2.56. The van der Waals surface area contributed by atoms with Gasteiger partial charge in [-0.05, 0) is 30.3 Å². The molecule has 0 spiro atoms. The number of hydrogen-bond acceptors (Lipinski definition) is 4. The van der Waals surface area contributed by atoms with Gasteiger partial charge in [0, 0.05) is 5.56 Å². The molecule has 0 saturated carbocycles. The van der Waals surface area contributed by atoms with Gasteiger partial charge >= 0.3 is 5.97 Å². The number of fused-ring (bicyclic) bond motifs is 2. The Hall–Kier alpha value is -3.02. The molecule has 6 heteroatoms. The second-order valence-electron chi connectivity index (χ2n) is 5.26. The lowest BCUT2D eigenvalue weighted by Crippen LogP contribution is -2.15. The van der Waals surface area contributed by atoms with Crippen molar-refractivity contribution in [1.29, 1.82) is 0 Å². The Bertz CT molecular complexity index is 901. The Labute approximate surface area is 131 Å². The molecule has 3 aromatic rings. The summed E-state index contributed by atoms with van der Waals surface area (Å²) in [5, 5.41) is 9.21. The lowest BCUT2D eigenvalue weighted by atomic mass is 10.2. The zero-order valence-corrected chi connectivity index (χ0v) is 12.2. The first-order valence-electron chi connectivity index (χ1n) is 7.29. The fraction of sp³-hybridized carbons (Fsp3) is 0.176. The van der Waals surface area contributed by atoms with E-state index in [1.807, 2.05) is 42.5 Å². The summed E-state index contributed by atoms with van der Waals surface area (Å²) in [7, 11) is 0. The minimum atomic E-state index is -0.910. The Morgan fingerprint density at radius 2 is 1.91 bits per heavy atom. The van der Waals surface area contributed by atoms with Crippen LogP contribution in [0.2, 0.25) is 0 Å². The molecule has 23 heavy (non-hydrogen) atoms. The molecule has 116 valence electrons. The molecule has 1 aromatic heterocycles. The van der Waals surface area contributed by atoms with Crippen LogP contribution >= 0.6 is 0 Å². The minimum absolute atomic E-state index is 0.149. The first kappa shape index (κ1) is 13.6. The van der Waals surface area contributed by atoms with Crippen LogP contribution in [0, 0.1) is 0 Å². The molecule has 0 unspecified atom stereocenters. The number of carbonyl (C=O) groups is 1. The van der Waals surface area contributed by atoms with E-state index in [1.165, 1.54) is 0 Å². The van der Waals surface area contributed by atoms with Crippen LogP contribution in [0.15, 0.2) is 42.5 Å². The van der Waals surface area contributed by atoms with Crippen molar-refractivity contribution in [3.05, 3.63) is 42.5 Å². The van der Waals surface area contributed by atoms with Gasteiger partial charge < -0.3 is 19.1 Å². The van der Waals surface area contributed by atoms with E-state index in [1.54, 1.807) is 4.57 Å². The first-order valence-corrected chi connectivity index (χ1v) is 7.29. The smallest absolute Gasteiger partial charge is 0.323 e. The van der Waals surface area contributed by atoms with Crippen LogP contribution in [-0.4, -0.2) is 33.8 Å². The average Bonchev–Trinajstić information content (AvgIpc) is 2.93. The predicted molar refractivity (Wildman–Crippen MR) is 83.8 cm³/mol. The number of para-hydroxylation sites is 2. The van der Waals surface area contributed by atoms with Crippen molar-refractivity contribution in [1.82, 2.24) is 9.55 Å². The average molecular weight is 310 g/mol. The van der Waals surface area contributed by atoms with Crippen LogP contribution in [0.4, 0.5) is 0 Å². The van der Waals surface area contributed by atoms with E-state index in [0.717, 1.165) is 16.6 Å². The topological polar surface area (TPSA) is 73.6 Å². The molecule has 0 radical (unpaired) electrons. The van der Waals surface area contributed by atoms with Crippen LogP contribution in [0.3, 0.4) is 0 Å². The van der Waals surface area contributed by atoms with Crippen LogP contribution in [0.5, 0.6) is 11.5 Å². The summed E-state index contributed by atoms with van der Waals surface area (Å²) in [5.74, 6) is 1.04. The fourth-order valence-electron chi connectivity index (χ4n) is 2.77. The van der Waals surface area contributed by atoms with E-state index in [4.69, 9.17) is 9.47 Å². The van der Waals surface area contributed by atoms with Gasteiger partial charge in [0.25, 0.3) is 0 Å². The van der Waals surface area contributed by atoms with Gasteiger partial charge in [-0.1, -0.05) is 12.1 Å². The highest BCUT2D eigenvalue weighted by atomic mass is 16.6. The summed E-state index contributed by atoms with van der Waals surface area (Å²) in [6, 6.07) is 13.0. The Morgan fingerprint density at radius 1 is 1.13 bits per heavy atom. The molecule has 0 saturated heterocycles. The summed E-state index contributed by atoms with van der Waals surface area (Å²) in [6.07, 6.45) is 0. The molecule has 0 fully saturated rings. The van der Waals surface area contributed by atoms with E-state index >= 15 is 0 Å². The molecule has 4 rings (SSSR count). The molecule has 2 aromatic carbocycles. The van der Waals surface area contributed by atoms with Crippen LogP contribution < -0.4 is 9.47 Å². The molecule has 2 heterocycles. The maximum atomic E-state index is 11.2. The molecule has 0 atom stereocenters. The number of aliphatic carboxylic acids is 1. The Kier molecular flexibility index (Phi) is 3.15. The van der Waals surface area contributed by atoms with E-state index in [0.29, 0.717) is 30.5 Å². The Morgan fingerprint density at radius 3 is 2.74 bits per heavy atom. The zero-order valence-electron chi connectivity index (χ0n) is 12.2. The van der Waals surface area contributed by atoms with Gasteiger partial charge in [0.15, 0.2) is 11.5 Å². The van der Waals surface area contributed by atoms with Crippen molar-refractivity contribution in [2.24, 2.45) is 0 Å². The molecular formula is C17H14N2O4. The van der Waals surface area contributed by atoms with Gasteiger partial charge in [0.1, 0.15) is 25.6 Å². The van der Waals surface area contributed by atoms with Gasteiger partial charge in [0.05, 0.1) is 11.0 Å². The number of hydrogen-bond donors (Lipinski definition) is 1. The maximum absolute atomic E-state index is 11.2. The molecule has 1 aliphatic heterocycles. The third-order valence-electron chi connectivity index (χ3n) is 3.75. The van der Waals surface area contributed by atoms with Gasteiger partial charge in [0.2, 0.25) is 0 Å². The number of carboxylic acid groups (broad SMARTS) is 1. The van der Waals surface area contributed by atoms with E-state index in [-0.39, 0.29) is 6.54 Å². The van der Waals surface area contributed by atoms with E-state index in [9.17, 15) is 9.90 Å². The number of imidazole rings is 1. The normalized spacial score (nSPS) is 13.2. The molecule has 1 aliphatic rings.